The van der Waals surface area contributed by atoms with Crippen LogP contribution in [0.3, 0.4) is 0 Å². The van der Waals surface area contributed by atoms with Crippen molar-refractivity contribution in [3.05, 3.63) is 132 Å². The lowest BCUT2D eigenvalue weighted by molar-refractivity contribution is -0.292. The van der Waals surface area contributed by atoms with Crippen LogP contribution in [0.2, 0.25) is 0 Å². The fraction of sp³-hybridized carbons (Fsp3) is 0.267. The number of fused-ring (bicyclic) bond motifs is 2. The van der Waals surface area contributed by atoms with Crippen LogP contribution in [0, 0.1) is 13.8 Å². The normalized spacial score (nSPS) is 13.1. The van der Waals surface area contributed by atoms with Gasteiger partial charge in [0.05, 0.1) is 18.3 Å². The minimum atomic E-state index is -4.70. The van der Waals surface area contributed by atoms with E-state index in [9.17, 15) is 32.7 Å². The van der Waals surface area contributed by atoms with Crippen molar-refractivity contribution >= 4 is 40.3 Å². The predicted molar refractivity (Wildman–Crippen MR) is 258 cm³/mol. The third kappa shape index (κ3) is 25.9. The van der Waals surface area contributed by atoms with Crippen LogP contribution in [0.25, 0.3) is 34.1 Å². The zero-order valence-electron chi connectivity index (χ0n) is 42.4. The zero-order valence-corrected chi connectivity index (χ0v) is 42.4. The average Bonchev–Trinajstić information content (AvgIpc) is 2.08. The Morgan fingerprint density at radius 3 is 1.18 bits per heavy atom. The molecule has 0 radical (unpaired) electrons. The number of Topliss-reactive ketones (excluding diaryl/α,β-unsaturated/α-hetero) is 1. The first-order valence-electron chi connectivity index (χ1n) is 21.1. The summed E-state index contributed by atoms with van der Waals surface area (Å²) in [6, 6.07) is 21.7. The van der Waals surface area contributed by atoms with E-state index in [1.165, 1.54) is 6.20 Å². The maximum Gasteiger partial charge on any atom is 0.417 e. The molecule has 44 heteroatoms. The molecule has 16 nitrogen and oxygen atoms in total. The highest BCUT2D eigenvalue weighted by Gasteiger charge is 2.62. The molecule has 0 spiro atoms. The number of nitrogens with zero attached hydrogens (tertiary/aromatic N) is 8. The average molecular weight is 1350 g/mol. The number of imidazole rings is 2. The van der Waals surface area contributed by atoms with Crippen LogP contribution >= 0.6 is 0 Å². The highest BCUT2D eigenvalue weighted by atomic mass is 20.0. The topological polar surface area (TPSA) is 208 Å². The smallest absolute Gasteiger partial charge is 0.380 e. The van der Waals surface area contributed by atoms with Crippen molar-refractivity contribution in [3.63, 3.8) is 0 Å². The molecule has 2 saturated carbocycles. The molecule has 10 rings (SSSR count). The zero-order chi connectivity index (χ0) is 67.3. The molecule has 2 fully saturated rings. The van der Waals surface area contributed by atoms with E-state index >= 15 is 0 Å². The first kappa shape index (κ1) is 93.4. The van der Waals surface area contributed by atoms with Crippen LogP contribution in [0.4, 0.5) is 139 Å². The summed E-state index contributed by atoms with van der Waals surface area (Å²) in [6.07, 6.45) is 1.74. The van der Waals surface area contributed by atoms with Gasteiger partial charge in [-0.25, -0.2) is 9.97 Å². The first-order valence-corrected chi connectivity index (χ1v) is 21.1. The summed E-state index contributed by atoms with van der Waals surface area (Å²) in [5, 5.41) is 23.3. The standard InChI is InChI=1S/C22H18F3N5O3.C21H17N5O3.2CH4.12F2.FH/c1-12-5-6-13(18-28-20(33-29-18)14-9-21(32,10-14)22(23,24)25)8-15(12)27-19(31)16-11-26-17-4-2-3-7-30(16)17;1-12-5-6-13(19-24-21(29-25-19)14-8-15(27)9-14)10-16(12)23-20(28)17-11-22-18-4-2-3-7-26(17)18;;;12*1-2;/h2-8,11,14,32H,9-10H2,1H3,(H,27,31);2-7,10-11,14H,8-9H2,1H3,(H,23,28);2*1H4;;;;;;;;;;;;;1H. The van der Waals surface area contributed by atoms with Crippen molar-refractivity contribution in [1.29, 1.82) is 0 Å². The Bertz CT molecular complexity index is 3070. The molecule has 6 heterocycles. The number of alkyl halides is 3. The van der Waals surface area contributed by atoms with Gasteiger partial charge >= 0.3 is 6.18 Å². The van der Waals surface area contributed by atoms with E-state index < -0.39 is 30.5 Å². The van der Waals surface area contributed by atoms with Crippen molar-refractivity contribution in [3.8, 4) is 22.8 Å². The number of carbonyl (C=O) groups is 3. The Morgan fingerprint density at radius 2 is 0.865 bits per heavy atom. The lowest BCUT2D eigenvalue weighted by Crippen LogP contribution is -2.54. The SMILES string of the molecule is C.C.Cc1ccc(-c2noc(C3CC(=O)C3)n2)cc1NC(=O)c1cnc2ccccn12.Cc1ccc(-c2noc(C3CC(O)(C(F)(F)F)C3)n2)cc1NC(=O)c1cnc2ccccn12.F.FF.FF.FF.FF.FF.FF.FF.FF.FF.FF.FF.FF. The van der Waals surface area contributed by atoms with Gasteiger partial charge in [0, 0.05) is 163 Å². The van der Waals surface area contributed by atoms with Gasteiger partial charge in [0.25, 0.3) is 11.8 Å². The molecule has 2 aromatic carbocycles. The molecule has 0 bridgehead atoms. The number of halogens is 28. The van der Waals surface area contributed by atoms with Crippen molar-refractivity contribution < 1.29 is 156 Å². The molecule has 0 unspecified atom stereocenters. The summed E-state index contributed by atoms with van der Waals surface area (Å²) in [6.45, 7) is 3.73. The summed E-state index contributed by atoms with van der Waals surface area (Å²) in [5.74, 6) is 0.0766. The second-order valence-corrected chi connectivity index (χ2v) is 15.3. The number of aryl methyl sites for hydroxylation is 2. The fourth-order valence-electron chi connectivity index (χ4n) is 7.23. The number of carbonyl (C=O) groups excluding carboxylic acids is 3. The Balaban J connectivity index is -0.000000221. The van der Waals surface area contributed by atoms with E-state index in [4.69, 9.17) is 119 Å². The molecule has 0 atom stereocenters. The minimum absolute atomic E-state index is 0. The second-order valence-electron chi connectivity index (χ2n) is 15.3. The number of hydrogen-bond acceptors (Lipinski definition) is 12. The van der Waals surface area contributed by atoms with Crippen LogP contribution in [0.5, 0.6) is 0 Å². The van der Waals surface area contributed by atoms with E-state index in [1.54, 1.807) is 57.7 Å². The molecule has 8 aromatic rings. The Labute approximate surface area is 478 Å². The van der Waals surface area contributed by atoms with Gasteiger partial charge in [0.15, 0.2) is 5.60 Å². The van der Waals surface area contributed by atoms with E-state index in [1.807, 2.05) is 56.3 Å². The summed E-state index contributed by atoms with van der Waals surface area (Å²) < 4.78 is 244. The molecule has 2 aliphatic rings. The highest BCUT2D eigenvalue weighted by Crippen LogP contribution is 2.52. The van der Waals surface area contributed by atoms with Gasteiger partial charge in [-0.1, -0.05) is 61.6 Å². The second kappa shape index (κ2) is 51.9. The number of anilines is 2. The third-order valence-corrected chi connectivity index (χ3v) is 11.0. The third-order valence-electron chi connectivity index (χ3n) is 11.0. The number of hydrogen-bond donors (Lipinski definition) is 3. The Morgan fingerprint density at radius 1 is 0.539 bits per heavy atom. The molecular formula is C45H44F28N10O6. The molecule has 89 heavy (non-hydrogen) atoms. The molecule has 0 saturated heterocycles. The summed E-state index contributed by atoms with van der Waals surface area (Å²) in [5.41, 5.74) is 3.56. The van der Waals surface area contributed by atoms with Gasteiger partial charge in [-0.2, -0.15) is 23.1 Å². The number of aromatic nitrogens is 8. The number of aliphatic hydroxyl groups is 1. The van der Waals surface area contributed by atoms with Gasteiger partial charge in [-0.3, -0.25) is 27.9 Å². The number of benzene rings is 2. The summed E-state index contributed by atoms with van der Waals surface area (Å²) in [4.78, 5) is 53.9. The van der Waals surface area contributed by atoms with Gasteiger partial charge in [-0.05, 0) is 74.2 Å². The lowest BCUT2D eigenvalue weighted by Gasteiger charge is -2.42. The van der Waals surface area contributed by atoms with Gasteiger partial charge in [0.1, 0.15) is 28.5 Å². The number of ketones is 1. The highest BCUT2D eigenvalue weighted by molar-refractivity contribution is 6.05. The van der Waals surface area contributed by atoms with E-state index in [2.05, 4.69) is 40.9 Å². The van der Waals surface area contributed by atoms with E-state index in [0.29, 0.717) is 64.2 Å². The van der Waals surface area contributed by atoms with Crippen LogP contribution < -0.4 is 10.6 Å². The van der Waals surface area contributed by atoms with Crippen molar-refractivity contribution in [2.45, 2.75) is 78.0 Å². The number of pyridine rings is 2. The lowest BCUT2D eigenvalue weighted by atomic mass is 9.70. The Hall–Kier alpha value is -9.29. The van der Waals surface area contributed by atoms with Crippen LogP contribution in [-0.2, 0) is 4.79 Å². The number of amides is 2. The monoisotopic (exact) mass is 1350 g/mol. The minimum Gasteiger partial charge on any atom is -0.380 e. The van der Waals surface area contributed by atoms with Crippen molar-refractivity contribution in [2.24, 2.45) is 0 Å². The molecule has 506 valence electrons. The molecule has 3 N–H and O–H groups in total. The quantitative estimate of drug-likeness (QED) is 0.121. The maximum atomic E-state index is 12.9. The van der Waals surface area contributed by atoms with Crippen molar-refractivity contribution in [2.75, 3.05) is 10.6 Å². The van der Waals surface area contributed by atoms with Crippen LogP contribution in [0.15, 0.2) is 107 Å². The summed E-state index contributed by atoms with van der Waals surface area (Å²) >= 11 is 0. The molecule has 6 aromatic heterocycles. The number of rotatable bonds is 8. The van der Waals surface area contributed by atoms with Crippen LogP contribution in [-0.4, -0.2) is 73.5 Å². The molecule has 2 amide bonds. The predicted octanol–water partition coefficient (Wildman–Crippen LogP) is 19.0. The van der Waals surface area contributed by atoms with Gasteiger partial charge in [0.2, 0.25) is 23.4 Å². The first-order chi connectivity index (χ1) is 41.7. The van der Waals surface area contributed by atoms with Gasteiger partial charge < -0.3 is 24.8 Å². The van der Waals surface area contributed by atoms with Crippen LogP contribution in [0.1, 0.15) is 96.3 Å². The van der Waals surface area contributed by atoms with E-state index in [0.717, 1.165) is 16.7 Å². The Kier molecular flexibility index (Phi) is 54.5. The largest absolute Gasteiger partial charge is 0.417 e. The number of nitrogens with one attached hydrogen (secondary N) is 2. The van der Waals surface area contributed by atoms with Gasteiger partial charge in [-0.15, -0.1) is 0 Å². The molecular weight excluding hydrogens is 1310 g/mol. The fourth-order valence-corrected chi connectivity index (χ4v) is 7.23. The molecule has 0 aliphatic heterocycles. The maximum absolute atomic E-state index is 12.9. The van der Waals surface area contributed by atoms with E-state index in [-0.39, 0.29) is 54.8 Å². The summed E-state index contributed by atoms with van der Waals surface area (Å²) in [7, 11) is 0. The molecule has 2 aliphatic carbocycles. The van der Waals surface area contributed by atoms with Crippen molar-refractivity contribution in [1.82, 2.24) is 39.1 Å².